The highest BCUT2D eigenvalue weighted by Gasteiger charge is 2.30. The number of aliphatic hydroxyl groups is 1. The van der Waals surface area contributed by atoms with E-state index >= 15 is 0 Å². The van der Waals surface area contributed by atoms with E-state index in [0.29, 0.717) is 31.0 Å². The topological polar surface area (TPSA) is 55.1 Å². The number of β-amino-alcohol motifs (C(OH)–C–C–N with tert-alkyl or cyclic N) is 1. The molecule has 3 rings (SSSR count). The van der Waals surface area contributed by atoms with Gasteiger partial charge in [0.25, 0.3) is 0 Å². The third-order valence-corrected chi connectivity index (χ3v) is 4.18. The minimum atomic E-state index is -0.635. The minimum Gasteiger partial charge on any atom is -0.493 e. The first kappa shape index (κ1) is 16.8. The highest BCUT2D eigenvalue weighted by molar-refractivity contribution is 5.40. The molecule has 0 amide bonds. The molecular weight excluding hydrogens is 313 g/mol. The van der Waals surface area contributed by atoms with Gasteiger partial charge in [-0.3, -0.25) is 4.90 Å². The van der Waals surface area contributed by atoms with Gasteiger partial charge in [0.15, 0.2) is 11.5 Å². The van der Waals surface area contributed by atoms with Crippen molar-refractivity contribution in [3.63, 3.8) is 0 Å². The van der Waals surface area contributed by atoms with Crippen LogP contribution >= 0.6 is 0 Å². The van der Waals surface area contributed by atoms with E-state index in [1.165, 1.54) is 25.3 Å². The first-order chi connectivity index (χ1) is 11.5. The van der Waals surface area contributed by atoms with Crippen LogP contribution in [0, 0.1) is 12.7 Å². The standard InChI is InChI=1S/C18H22FNO4/c1-12-3-5-14(23-12)10-20-8-7-16(15(21)11-20)24-17-6-4-13(19)9-18(17)22-2/h3-6,9,15-16,21H,7-8,10-11H2,1-2H3/t15-,16-/m1/s1. The molecule has 2 aromatic rings. The van der Waals surface area contributed by atoms with Crippen LogP contribution in [-0.4, -0.2) is 42.4 Å². The van der Waals surface area contributed by atoms with Crippen LogP contribution in [0.25, 0.3) is 0 Å². The monoisotopic (exact) mass is 335 g/mol. The number of hydrogen-bond acceptors (Lipinski definition) is 5. The van der Waals surface area contributed by atoms with E-state index in [1.807, 2.05) is 19.1 Å². The predicted molar refractivity (Wildman–Crippen MR) is 86.7 cm³/mol. The number of ether oxygens (including phenoxy) is 2. The highest BCUT2D eigenvalue weighted by atomic mass is 19.1. The van der Waals surface area contributed by atoms with Gasteiger partial charge in [-0.05, 0) is 37.6 Å². The number of hydrogen-bond donors (Lipinski definition) is 1. The maximum absolute atomic E-state index is 13.2. The van der Waals surface area contributed by atoms with Crippen LogP contribution in [0.4, 0.5) is 4.39 Å². The van der Waals surface area contributed by atoms with Gasteiger partial charge in [-0.25, -0.2) is 4.39 Å². The molecule has 1 aromatic heterocycles. The normalized spacial score (nSPS) is 21.7. The maximum atomic E-state index is 13.2. The second-order valence-corrected chi connectivity index (χ2v) is 6.05. The molecule has 0 spiro atoms. The SMILES string of the molecule is COc1cc(F)ccc1O[C@@H]1CCN(Cc2ccc(C)o2)C[C@H]1O. The number of furan rings is 1. The molecule has 0 aliphatic carbocycles. The van der Waals surface area contributed by atoms with Crippen LogP contribution in [0.15, 0.2) is 34.7 Å². The van der Waals surface area contributed by atoms with E-state index in [4.69, 9.17) is 13.9 Å². The summed E-state index contributed by atoms with van der Waals surface area (Å²) in [5.74, 6) is 2.16. The molecule has 1 aliphatic rings. The molecule has 1 saturated heterocycles. The van der Waals surface area contributed by atoms with Crippen molar-refractivity contribution in [2.45, 2.75) is 32.1 Å². The summed E-state index contributed by atoms with van der Waals surface area (Å²) < 4.78 is 29.8. The largest absolute Gasteiger partial charge is 0.493 e. The lowest BCUT2D eigenvalue weighted by molar-refractivity contribution is -0.0297. The molecule has 0 bridgehead atoms. The number of aliphatic hydroxyl groups excluding tert-OH is 1. The van der Waals surface area contributed by atoms with Crippen molar-refractivity contribution in [1.82, 2.24) is 4.90 Å². The first-order valence-corrected chi connectivity index (χ1v) is 8.01. The summed E-state index contributed by atoms with van der Waals surface area (Å²) in [6.45, 7) is 3.85. The summed E-state index contributed by atoms with van der Waals surface area (Å²) in [7, 11) is 1.46. The number of halogens is 1. The van der Waals surface area contributed by atoms with Gasteiger partial charge in [0, 0.05) is 19.2 Å². The van der Waals surface area contributed by atoms with E-state index in [9.17, 15) is 9.50 Å². The van der Waals surface area contributed by atoms with E-state index in [-0.39, 0.29) is 11.9 Å². The Morgan fingerprint density at radius 2 is 2.12 bits per heavy atom. The molecule has 2 heterocycles. The molecule has 0 radical (unpaired) electrons. The number of methoxy groups -OCH3 is 1. The molecule has 1 N–H and O–H groups in total. The Bertz CT molecular complexity index is 687. The Hall–Kier alpha value is -2.05. The fraction of sp³-hybridized carbons (Fsp3) is 0.444. The molecule has 2 atom stereocenters. The zero-order valence-corrected chi connectivity index (χ0v) is 13.9. The molecular formula is C18H22FNO4. The van der Waals surface area contributed by atoms with Gasteiger partial charge in [0.1, 0.15) is 29.5 Å². The van der Waals surface area contributed by atoms with Crippen LogP contribution in [0.5, 0.6) is 11.5 Å². The van der Waals surface area contributed by atoms with Gasteiger partial charge in [-0.2, -0.15) is 0 Å². The average molecular weight is 335 g/mol. The smallest absolute Gasteiger partial charge is 0.163 e. The molecule has 0 saturated carbocycles. The molecule has 1 aliphatic heterocycles. The van der Waals surface area contributed by atoms with Crippen LogP contribution in [0.3, 0.4) is 0 Å². The quantitative estimate of drug-likeness (QED) is 0.910. The number of piperidine rings is 1. The lowest BCUT2D eigenvalue weighted by Crippen LogP contribution is -2.48. The van der Waals surface area contributed by atoms with Crippen molar-refractivity contribution in [3.8, 4) is 11.5 Å². The molecule has 1 aromatic carbocycles. The Kier molecular flexibility index (Phi) is 5.06. The average Bonchev–Trinajstić information content (AvgIpc) is 2.96. The maximum Gasteiger partial charge on any atom is 0.163 e. The van der Waals surface area contributed by atoms with Crippen LogP contribution < -0.4 is 9.47 Å². The fourth-order valence-corrected chi connectivity index (χ4v) is 2.95. The summed E-state index contributed by atoms with van der Waals surface area (Å²) in [5, 5.41) is 10.4. The summed E-state index contributed by atoms with van der Waals surface area (Å²) in [6, 6.07) is 8.00. The first-order valence-electron chi connectivity index (χ1n) is 8.01. The number of benzene rings is 1. The number of rotatable bonds is 5. The zero-order chi connectivity index (χ0) is 17.1. The van der Waals surface area contributed by atoms with Gasteiger partial charge >= 0.3 is 0 Å². The summed E-state index contributed by atoms with van der Waals surface area (Å²) >= 11 is 0. The van der Waals surface area contributed by atoms with Crippen LogP contribution in [0.2, 0.25) is 0 Å². The molecule has 1 fully saturated rings. The van der Waals surface area contributed by atoms with Crippen molar-refractivity contribution in [2.24, 2.45) is 0 Å². The van der Waals surface area contributed by atoms with Gasteiger partial charge in [0.2, 0.25) is 0 Å². The van der Waals surface area contributed by atoms with Gasteiger partial charge in [-0.1, -0.05) is 0 Å². The molecule has 24 heavy (non-hydrogen) atoms. The summed E-state index contributed by atoms with van der Waals surface area (Å²) in [6.07, 6.45) is -0.315. The lowest BCUT2D eigenvalue weighted by Gasteiger charge is -2.35. The van der Waals surface area contributed by atoms with Gasteiger partial charge in [-0.15, -0.1) is 0 Å². The lowest BCUT2D eigenvalue weighted by atomic mass is 10.0. The Morgan fingerprint density at radius 1 is 1.29 bits per heavy atom. The van der Waals surface area contributed by atoms with Gasteiger partial charge in [0.05, 0.1) is 13.7 Å². The van der Waals surface area contributed by atoms with Crippen molar-refractivity contribution in [3.05, 3.63) is 47.7 Å². The molecule has 6 heteroatoms. The van der Waals surface area contributed by atoms with E-state index in [2.05, 4.69) is 4.90 Å². The molecule has 0 unspecified atom stereocenters. The predicted octanol–water partition coefficient (Wildman–Crippen LogP) is 2.75. The third kappa shape index (κ3) is 3.88. The molecule has 130 valence electrons. The van der Waals surface area contributed by atoms with Crippen molar-refractivity contribution < 1.29 is 23.4 Å². The van der Waals surface area contributed by atoms with Gasteiger partial charge < -0.3 is 19.0 Å². The summed E-state index contributed by atoms with van der Waals surface area (Å²) in [5.41, 5.74) is 0. The zero-order valence-electron chi connectivity index (χ0n) is 13.9. The fourth-order valence-electron chi connectivity index (χ4n) is 2.95. The van der Waals surface area contributed by atoms with Crippen LogP contribution in [0.1, 0.15) is 17.9 Å². The Labute approximate surface area is 140 Å². The van der Waals surface area contributed by atoms with E-state index in [0.717, 1.165) is 18.1 Å². The van der Waals surface area contributed by atoms with Crippen molar-refractivity contribution in [2.75, 3.05) is 20.2 Å². The third-order valence-electron chi connectivity index (χ3n) is 4.18. The Morgan fingerprint density at radius 3 is 2.79 bits per heavy atom. The number of likely N-dealkylation sites (tertiary alicyclic amines) is 1. The second-order valence-electron chi connectivity index (χ2n) is 6.05. The van der Waals surface area contributed by atoms with Crippen molar-refractivity contribution in [1.29, 1.82) is 0 Å². The Balaban J connectivity index is 1.60. The second kappa shape index (κ2) is 7.23. The number of aryl methyl sites for hydroxylation is 1. The van der Waals surface area contributed by atoms with E-state index < -0.39 is 6.10 Å². The number of nitrogens with zero attached hydrogens (tertiary/aromatic N) is 1. The highest BCUT2D eigenvalue weighted by Crippen LogP contribution is 2.30. The van der Waals surface area contributed by atoms with Crippen LogP contribution in [-0.2, 0) is 6.54 Å². The molecule has 5 nitrogen and oxygen atoms in total. The van der Waals surface area contributed by atoms with Crippen molar-refractivity contribution >= 4 is 0 Å². The van der Waals surface area contributed by atoms with E-state index in [1.54, 1.807) is 0 Å². The summed E-state index contributed by atoms with van der Waals surface area (Å²) in [4.78, 5) is 2.13. The minimum absolute atomic E-state index is 0.329.